The molecule has 1 aliphatic heterocycles. The lowest BCUT2D eigenvalue weighted by molar-refractivity contribution is 0.173. The molecule has 0 amide bonds. The zero-order valence-corrected chi connectivity index (χ0v) is 11.7. The highest BCUT2D eigenvalue weighted by Crippen LogP contribution is 2.51. The van der Waals surface area contributed by atoms with Gasteiger partial charge in [0.15, 0.2) is 11.5 Å². The molecule has 0 bridgehead atoms. The van der Waals surface area contributed by atoms with Crippen LogP contribution in [-0.4, -0.2) is 18.2 Å². The first kappa shape index (κ1) is 10.6. The average molecular weight is 318 g/mol. The van der Waals surface area contributed by atoms with Crippen molar-refractivity contribution in [2.75, 3.05) is 13.2 Å². The first-order chi connectivity index (χ1) is 7.75. The molecule has 0 spiro atoms. The third kappa shape index (κ3) is 1.65. The molecule has 3 heterocycles. The van der Waals surface area contributed by atoms with Crippen molar-refractivity contribution in [2.24, 2.45) is 0 Å². The number of aromatic nitrogens is 1. The van der Waals surface area contributed by atoms with Crippen molar-refractivity contribution in [3.8, 4) is 22.1 Å². The van der Waals surface area contributed by atoms with Gasteiger partial charge in [-0.25, -0.2) is 4.98 Å². The van der Waals surface area contributed by atoms with Crippen LogP contribution in [0.15, 0.2) is 9.17 Å². The number of thiophene rings is 1. The Kier molecular flexibility index (Phi) is 2.65. The molecule has 84 valence electrons. The van der Waals surface area contributed by atoms with Gasteiger partial charge in [-0.3, -0.25) is 0 Å². The minimum Gasteiger partial charge on any atom is -0.484 e. The highest BCUT2D eigenvalue weighted by molar-refractivity contribution is 9.11. The zero-order chi connectivity index (χ0) is 11.1. The molecule has 6 heteroatoms. The minimum atomic E-state index is 0.603. The first-order valence-corrected chi connectivity index (χ1v) is 7.25. The SMILES string of the molecule is Cc1nc(-c2sc(Br)c3c2OCCO3)cs1. The van der Waals surface area contributed by atoms with Gasteiger partial charge < -0.3 is 9.47 Å². The monoisotopic (exact) mass is 317 g/mol. The summed E-state index contributed by atoms with van der Waals surface area (Å²) in [5, 5.41) is 3.11. The predicted octanol–water partition coefficient (Wildman–Crippen LogP) is 3.71. The Morgan fingerprint density at radius 1 is 1.31 bits per heavy atom. The van der Waals surface area contributed by atoms with Gasteiger partial charge in [0.2, 0.25) is 0 Å². The second-order valence-corrected chi connectivity index (χ2v) is 6.71. The topological polar surface area (TPSA) is 31.4 Å². The molecular weight excluding hydrogens is 310 g/mol. The highest BCUT2D eigenvalue weighted by Gasteiger charge is 2.25. The van der Waals surface area contributed by atoms with Gasteiger partial charge in [0.25, 0.3) is 0 Å². The van der Waals surface area contributed by atoms with E-state index < -0.39 is 0 Å². The van der Waals surface area contributed by atoms with E-state index in [4.69, 9.17) is 9.47 Å². The molecule has 2 aromatic heterocycles. The maximum absolute atomic E-state index is 5.66. The fourth-order valence-corrected chi connectivity index (χ4v) is 3.89. The lowest BCUT2D eigenvalue weighted by Crippen LogP contribution is -2.14. The van der Waals surface area contributed by atoms with Crippen LogP contribution in [0.4, 0.5) is 0 Å². The lowest BCUT2D eigenvalue weighted by Gasteiger charge is -2.15. The number of aryl methyl sites for hydroxylation is 1. The van der Waals surface area contributed by atoms with Crippen molar-refractivity contribution in [1.29, 1.82) is 0 Å². The van der Waals surface area contributed by atoms with E-state index in [0.717, 1.165) is 30.9 Å². The van der Waals surface area contributed by atoms with Crippen LogP contribution in [0.25, 0.3) is 10.6 Å². The Morgan fingerprint density at radius 3 is 2.75 bits per heavy atom. The fraction of sp³-hybridized carbons (Fsp3) is 0.300. The summed E-state index contributed by atoms with van der Waals surface area (Å²) in [5.41, 5.74) is 0.972. The Bertz CT molecular complexity index is 535. The average Bonchev–Trinajstić information content (AvgIpc) is 2.84. The maximum Gasteiger partial charge on any atom is 0.187 e. The summed E-state index contributed by atoms with van der Waals surface area (Å²) in [6, 6.07) is 0. The molecule has 3 nitrogen and oxygen atoms in total. The first-order valence-electron chi connectivity index (χ1n) is 4.76. The molecule has 0 saturated heterocycles. The number of hydrogen-bond acceptors (Lipinski definition) is 5. The van der Waals surface area contributed by atoms with E-state index >= 15 is 0 Å². The summed E-state index contributed by atoms with van der Waals surface area (Å²) >= 11 is 6.75. The normalized spacial score (nSPS) is 14.1. The molecular formula is C10H8BrNO2S2. The molecule has 0 radical (unpaired) electrons. The van der Waals surface area contributed by atoms with Gasteiger partial charge in [0.1, 0.15) is 21.9 Å². The van der Waals surface area contributed by atoms with Gasteiger partial charge in [-0.1, -0.05) is 0 Å². The number of ether oxygens (including phenoxy) is 2. The van der Waals surface area contributed by atoms with Crippen LogP contribution in [0, 0.1) is 6.92 Å². The molecule has 0 atom stereocenters. The van der Waals surface area contributed by atoms with Crippen molar-refractivity contribution in [3.63, 3.8) is 0 Å². The molecule has 0 saturated carbocycles. The van der Waals surface area contributed by atoms with Crippen LogP contribution < -0.4 is 9.47 Å². The van der Waals surface area contributed by atoms with Crippen molar-refractivity contribution in [1.82, 2.24) is 4.98 Å². The second-order valence-electron chi connectivity index (χ2n) is 3.31. The number of rotatable bonds is 1. The Morgan fingerprint density at radius 2 is 2.06 bits per heavy atom. The van der Waals surface area contributed by atoms with Crippen LogP contribution in [0.1, 0.15) is 5.01 Å². The molecule has 0 fully saturated rings. The van der Waals surface area contributed by atoms with Crippen molar-refractivity contribution in [2.45, 2.75) is 6.92 Å². The third-order valence-electron chi connectivity index (χ3n) is 2.21. The molecule has 2 aromatic rings. The van der Waals surface area contributed by atoms with Gasteiger partial charge in [-0.05, 0) is 22.9 Å². The summed E-state index contributed by atoms with van der Waals surface area (Å²) in [4.78, 5) is 5.52. The van der Waals surface area contributed by atoms with Crippen molar-refractivity contribution >= 4 is 38.6 Å². The maximum atomic E-state index is 5.66. The predicted molar refractivity (Wildman–Crippen MR) is 68.9 cm³/mol. The number of hydrogen-bond donors (Lipinski definition) is 0. The fourth-order valence-electron chi connectivity index (χ4n) is 1.55. The number of thiazole rings is 1. The van der Waals surface area contributed by atoms with E-state index in [1.807, 2.05) is 12.3 Å². The number of fused-ring (bicyclic) bond motifs is 1. The van der Waals surface area contributed by atoms with E-state index in [0.29, 0.717) is 13.2 Å². The summed E-state index contributed by atoms with van der Waals surface area (Å²) in [7, 11) is 0. The number of halogens is 1. The third-order valence-corrected chi connectivity index (χ3v) is 4.79. The van der Waals surface area contributed by atoms with E-state index in [-0.39, 0.29) is 0 Å². The van der Waals surface area contributed by atoms with Gasteiger partial charge in [-0.15, -0.1) is 22.7 Å². The van der Waals surface area contributed by atoms with Gasteiger partial charge in [0, 0.05) is 5.38 Å². The van der Waals surface area contributed by atoms with Crippen molar-refractivity contribution < 1.29 is 9.47 Å². The molecule has 16 heavy (non-hydrogen) atoms. The lowest BCUT2D eigenvalue weighted by atomic mass is 10.3. The molecule has 3 rings (SSSR count). The van der Waals surface area contributed by atoms with Crippen LogP contribution in [0.3, 0.4) is 0 Å². The summed E-state index contributed by atoms with van der Waals surface area (Å²) in [6.45, 7) is 3.21. The van der Waals surface area contributed by atoms with Crippen molar-refractivity contribution in [3.05, 3.63) is 14.2 Å². The summed E-state index contributed by atoms with van der Waals surface area (Å²) in [6.07, 6.45) is 0. The Balaban J connectivity index is 2.14. The van der Waals surface area contributed by atoms with E-state index in [1.165, 1.54) is 0 Å². The molecule has 0 aliphatic carbocycles. The van der Waals surface area contributed by atoms with Gasteiger partial charge >= 0.3 is 0 Å². The number of nitrogens with zero attached hydrogens (tertiary/aromatic N) is 1. The van der Waals surface area contributed by atoms with Crippen LogP contribution in [-0.2, 0) is 0 Å². The van der Waals surface area contributed by atoms with E-state index in [9.17, 15) is 0 Å². The van der Waals surface area contributed by atoms with Crippen LogP contribution in [0.5, 0.6) is 11.5 Å². The minimum absolute atomic E-state index is 0.603. The summed E-state index contributed by atoms with van der Waals surface area (Å²) < 4.78 is 12.2. The van der Waals surface area contributed by atoms with Crippen LogP contribution in [0.2, 0.25) is 0 Å². The second kappa shape index (κ2) is 4.01. The quantitative estimate of drug-likeness (QED) is 0.803. The molecule has 0 unspecified atom stereocenters. The zero-order valence-electron chi connectivity index (χ0n) is 8.45. The molecule has 1 aliphatic rings. The van der Waals surface area contributed by atoms with Gasteiger partial charge in [0.05, 0.1) is 10.7 Å². The van der Waals surface area contributed by atoms with Crippen LogP contribution >= 0.6 is 38.6 Å². The summed E-state index contributed by atoms with van der Waals surface area (Å²) in [5.74, 6) is 1.64. The molecule has 0 N–H and O–H groups in total. The largest absolute Gasteiger partial charge is 0.484 e. The van der Waals surface area contributed by atoms with E-state index in [2.05, 4.69) is 20.9 Å². The Hall–Kier alpha value is -0.590. The highest BCUT2D eigenvalue weighted by atomic mass is 79.9. The Labute approximate surface area is 109 Å². The van der Waals surface area contributed by atoms with Gasteiger partial charge in [-0.2, -0.15) is 0 Å². The van der Waals surface area contributed by atoms with E-state index in [1.54, 1.807) is 22.7 Å². The molecule has 0 aromatic carbocycles. The smallest absolute Gasteiger partial charge is 0.187 e. The standard InChI is InChI=1S/C10H8BrNO2S2/c1-5-12-6(4-15-5)9-7-8(10(11)16-9)14-3-2-13-7/h4H,2-3H2,1H3.